The van der Waals surface area contributed by atoms with Gasteiger partial charge in [0.05, 0.1) is 5.60 Å². The van der Waals surface area contributed by atoms with E-state index in [4.69, 9.17) is 0 Å². The lowest BCUT2D eigenvalue weighted by atomic mass is 9.71. The molecule has 2 nitrogen and oxygen atoms in total. The van der Waals surface area contributed by atoms with E-state index in [0.717, 1.165) is 38.8 Å². The summed E-state index contributed by atoms with van der Waals surface area (Å²) < 4.78 is 0. The molecule has 1 aliphatic carbocycles. The van der Waals surface area contributed by atoms with E-state index >= 15 is 0 Å². The van der Waals surface area contributed by atoms with Crippen LogP contribution in [0, 0.1) is 19.3 Å². The van der Waals surface area contributed by atoms with E-state index in [1.165, 1.54) is 15.3 Å². The molecule has 1 aromatic rings. The van der Waals surface area contributed by atoms with Crippen LogP contribution in [0.4, 0.5) is 0 Å². The van der Waals surface area contributed by atoms with Crippen molar-refractivity contribution in [2.45, 2.75) is 65.5 Å². The second-order valence-electron chi connectivity index (χ2n) is 6.93. The number of thiophene rings is 1. The average Bonchev–Trinajstić information content (AvgIpc) is 2.63. The normalized spacial score (nSPS) is 21.5. The van der Waals surface area contributed by atoms with Gasteiger partial charge in [0, 0.05) is 22.8 Å². The Labute approximate surface area is 121 Å². The molecule has 2 N–H and O–H groups in total. The standard InChI is InChI=1S/C16H27NOS/c1-12-9-14(13(2)19-12)10-17-11-16(18)7-5-15(3,4)6-8-16/h9,17-18H,5-8,10-11H2,1-4H3. The maximum atomic E-state index is 10.6. The SMILES string of the molecule is Cc1cc(CNCC2(O)CCC(C)(C)CC2)c(C)s1. The molecule has 0 radical (unpaired) electrons. The third kappa shape index (κ3) is 4.04. The van der Waals surface area contributed by atoms with E-state index in [1.807, 2.05) is 11.3 Å². The predicted molar refractivity (Wildman–Crippen MR) is 82.7 cm³/mol. The lowest BCUT2D eigenvalue weighted by Crippen LogP contribution is -2.44. The molecule has 1 heterocycles. The van der Waals surface area contributed by atoms with E-state index in [9.17, 15) is 5.11 Å². The molecule has 0 amide bonds. The molecule has 1 saturated carbocycles. The van der Waals surface area contributed by atoms with Gasteiger partial charge in [-0.1, -0.05) is 13.8 Å². The van der Waals surface area contributed by atoms with Crippen LogP contribution >= 0.6 is 11.3 Å². The molecule has 108 valence electrons. The second kappa shape index (κ2) is 5.55. The predicted octanol–water partition coefficient (Wildman–Crippen LogP) is 3.79. The summed E-state index contributed by atoms with van der Waals surface area (Å²) in [5, 5.41) is 14.0. The Kier molecular flexibility index (Phi) is 4.38. The average molecular weight is 281 g/mol. The van der Waals surface area contributed by atoms with Crippen molar-refractivity contribution in [1.29, 1.82) is 0 Å². The van der Waals surface area contributed by atoms with Crippen LogP contribution in [0.2, 0.25) is 0 Å². The number of nitrogens with one attached hydrogen (secondary N) is 1. The molecule has 1 fully saturated rings. The Morgan fingerprint density at radius 3 is 2.37 bits per heavy atom. The Bertz CT molecular complexity index is 426. The summed E-state index contributed by atoms with van der Waals surface area (Å²) in [5.74, 6) is 0. The van der Waals surface area contributed by atoms with Crippen molar-refractivity contribution in [1.82, 2.24) is 5.32 Å². The first kappa shape index (κ1) is 15.0. The molecule has 1 aliphatic rings. The van der Waals surface area contributed by atoms with Gasteiger partial charge in [0.2, 0.25) is 0 Å². The van der Waals surface area contributed by atoms with Crippen LogP contribution in [0.15, 0.2) is 6.07 Å². The first-order chi connectivity index (χ1) is 8.80. The van der Waals surface area contributed by atoms with Gasteiger partial charge in [-0.15, -0.1) is 11.3 Å². The van der Waals surface area contributed by atoms with Gasteiger partial charge in [-0.2, -0.15) is 0 Å². The Hall–Kier alpha value is -0.380. The van der Waals surface area contributed by atoms with Gasteiger partial charge in [0.15, 0.2) is 0 Å². The molecular formula is C16H27NOS. The highest BCUT2D eigenvalue weighted by molar-refractivity contribution is 7.12. The van der Waals surface area contributed by atoms with Gasteiger partial charge in [0.25, 0.3) is 0 Å². The number of rotatable bonds is 4. The third-order valence-corrected chi connectivity index (χ3v) is 5.46. The molecule has 0 aromatic carbocycles. The van der Waals surface area contributed by atoms with Crippen molar-refractivity contribution in [3.05, 3.63) is 21.4 Å². The molecule has 19 heavy (non-hydrogen) atoms. The summed E-state index contributed by atoms with van der Waals surface area (Å²) in [6, 6.07) is 2.25. The van der Waals surface area contributed by atoms with Crippen LogP contribution in [-0.4, -0.2) is 17.3 Å². The monoisotopic (exact) mass is 281 g/mol. The minimum atomic E-state index is -0.492. The molecule has 0 aliphatic heterocycles. The summed E-state index contributed by atoms with van der Waals surface area (Å²) >= 11 is 1.85. The highest BCUT2D eigenvalue weighted by Crippen LogP contribution is 2.39. The summed E-state index contributed by atoms with van der Waals surface area (Å²) in [5.41, 5.74) is 1.30. The van der Waals surface area contributed by atoms with Crippen LogP contribution < -0.4 is 5.32 Å². The van der Waals surface area contributed by atoms with Gasteiger partial charge in [-0.3, -0.25) is 0 Å². The van der Waals surface area contributed by atoms with Gasteiger partial charge in [-0.25, -0.2) is 0 Å². The van der Waals surface area contributed by atoms with Crippen LogP contribution in [0.5, 0.6) is 0 Å². The summed E-state index contributed by atoms with van der Waals surface area (Å²) in [7, 11) is 0. The van der Waals surface area contributed by atoms with E-state index in [2.05, 4.69) is 39.1 Å². The number of aryl methyl sites for hydroxylation is 2. The summed E-state index contributed by atoms with van der Waals surface area (Å²) in [6.07, 6.45) is 4.10. The number of hydrogen-bond acceptors (Lipinski definition) is 3. The fraction of sp³-hybridized carbons (Fsp3) is 0.750. The van der Waals surface area contributed by atoms with Crippen molar-refractivity contribution >= 4 is 11.3 Å². The van der Waals surface area contributed by atoms with E-state index < -0.39 is 5.60 Å². The lowest BCUT2D eigenvalue weighted by molar-refractivity contribution is -0.0245. The van der Waals surface area contributed by atoms with Crippen molar-refractivity contribution in [3.63, 3.8) is 0 Å². The van der Waals surface area contributed by atoms with Crippen molar-refractivity contribution in [2.75, 3.05) is 6.54 Å². The Balaban J connectivity index is 1.81. The fourth-order valence-electron chi connectivity index (χ4n) is 2.86. The quantitative estimate of drug-likeness (QED) is 0.880. The van der Waals surface area contributed by atoms with Crippen molar-refractivity contribution in [2.24, 2.45) is 5.41 Å². The maximum Gasteiger partial charge on any atom is 0.0772 e. The zero-order valence-corrected chi connectivity index (χ0v) is 13.5. The fourth-order valence-corrected chi connectivity index (χ4v) is 3.80. The van der Waals surface area contributed by atoms with Crippen LogP contribution in [-0.2, 0) is 6.54 Å². The zero-order chi connectivity index (χ0) is 14.1. The van der Waals surface area contributed by atoms with E-state index in [0.29, 0.717) is 5.41 Å². The van der Waals surface area contributed by atoms with Crippen molar-refractivity contribution < 1.29 is 5.11 Å². The molecule has 2 rings (SSSR count). The smallest absolute Gasteiger partial charge is 0.0772 e. The van der Waals surface area contributed by atoms with Crippen LogP contribution in [0.25, 0.3) is 0 Å². The molecule has 1 aromatic heterocycles. The van der Waals surface area contributed by atoms with Gasteiger partial charge in [0.1, 0.15) is 0 Å². The third-order valence-electron chi connectivity index (χ3n) is 4.45. The lowest BCUT2D eigenvalue weighted by Gasteiger charge is -2.40. The van der Waals surface area contributed by atoms with Crippen molar-refractivity contribution in [3.8, 4) is 0 Å². The second-order valence-corrected chi connectivity index (χ2v) is 8.39. The Morgan fingerprint density at radius 1 is 1.21 bits per heavy atom. The molecule has 0 atom stereocenters. The van der Waals surface area contributed by atoms with Gasteiger partial charge < -0.3 is 10.4 Å². The maximum absolute atomic E-state index is 10.6. The molecule has 3 heteroatoms. The molecule has 0 bridgehead atoms. The zero-order valence-electron chi connectivity index (χ0n) is 12.7. The minimum absolute atomic E-state index is 0.410. The van der Waals surface area contributed by atoms with Crippen LogP contribution in [0.1, 0.15) is 54.8 Å². The number of hydrogen-bond donors (Lipinski definition) is 2. The van der Waals surface area contributed by atoms with Crippen LogP contribution in [0.3, 0.4) is 0 Å². The first-order valence-corrected chi connectivity index (χ1v) is 8.10. The van der Waals surface area contributed by atoms with Gasteiger partial charge >= 0.3 is 0 Å². The molecule has 0 spiro atoms. The highest BCUT2D eigenvalue weighted by atomic mass is 32.1. The van der Waals surface area contributed by atoms with Gasteiger partial charge in [-0.05, 0) is 56.6 Å². The van der Waals surface area contributed by atoms with E-state index in [-0.39, 0.29) is 0 Å². The summed E-state index contributed by atoms with van der Waals surface area (Å²) in [4.78, 5) is 2.76. The largest absolute Gasteiger partial charge is 0.389 e. The minimum Gasteiger partial charge on any atom is -0.389 e. The summed E-state index contributed by atoms with van der Waals surface area (Å²) in [6.45, 7) is 10.5. The molecule has 0 saturated heterocycles. The molecular weight excluding hydrogens is 254 g/mol. The highest BCUT2D eigenvalue weighted by Gasteiger charge is 2.36. The first-order valence-electron chi connectivity index (χ1n) is 7.29. The Morgan fingerprint density at radius 2 is 1.84 bits per heavy atom. The molecule has 0 unspecified atom stereocenters. The number of aliphatic hydroxyl groups is 1. The van der Waals surface area contributed by atoms with E-state index in [1.54, 1.807) is 0 Å². The topological polar surface area (TPSA) is 32.3 Å².